The third kappa shape index (κ3) is 4.68. The molecule has 0 heterocycles. The smallest absolute Gasteiger partial charge is 0.243 e. The van der Waals surface area contributed by atoms with E-state index in [2.05, 4.69) is 12.2 Å². The molecule has 0 radical (unpaired) electrons. The number of hydrogen-bond donors (Lipinski definition) is 2. The van der Waals surface area contributed by atoms with E-state index in [-0.39, 0.29) is 11.6 Å². The summed E-state index contributed by atoms with van der Waals surface area (Å²) in [6, 6.07) is 4.34. The minimum atomic E-state index is -0.449. The van der Waals surface area contributed by atoms with Gasteiger partial charge in [0.1, 0.15) is 5.82 Å². The molecule has 0 atom stereocenters. The van der Waals surface area contributed by atoms with Crippen LogP contribution in [0.5, 0.6) is 0 Å². The van der Waals surface area contributed by atoms with Crippen LogP contribution in [0.25, 0.3) is 6.08 Å². The predicted octanol–water partition coefficient (Wildman–Crippen LogP) is 2.34. The molecule has 0 saturated carbocycles. The molecule has 1 aromatic rings. The SMILES string of the molecule is CCCCNC(=O)/C=C/c1ccc(F)c(N)c1. The fourth-order valence-corrected chi connectivity index (χ4v) is 1.29. The molecular weight excluding hydrogens is 219 g/mol. The van der Waals surface area contributed by atoms with E-state index in [4.69, 9.17) is 5.73 Å². The molecule has 1 amide bonds. The van der Waals surface area contributed by atoms with Gasteiger partial charge in [-0.15, -0.1) is 0 Å². The summed E-state index contributed by atoms with van der Waals surface area (Å²) in [6.07, 6.45) is 5.03. The lowest BCUT2D eigenvalue weighted by molar-refractivity contribution is -0.116. The number of nitrogens with one attached hydrogen (secondary N) is 1. The second-order valence-corrected chi connectivity index (χ2v) is 3.76. The first-order valence-corrected chi connectivity index (χ1v) is 5.64. The molecule has 0 aliphatic carbocycles. The molecular formula is C13H17FN2O. The average Bonchev–Trinajstić information content (AvgIpc) is 2.31. The molecule has 0 bridgehead atoms. The Kier molecular flexibility index (Phi) is 5.20. The van der Waals surface area contributed by atoms with Crippen molar-refractivity contribution < 1.29 is 9.18 Å². The molecule has 0 aliphatic heterocycles. The topological polar surface area (TPSA) is 55.1 Å². The van der Waals surface area contributed by atoms with Crippen LogP contribution in [0.1, 0.15) is 25.3 Å². The van der Waals surface area contributed by atoms with E-state index in [0.717, 1.165) is 12.8 Å². The Morgan fingerprint density at radius 1 is 1.53 bits per heavy atom. The maximum absolute atomic E-state index is 12.9. The third-order valence-electron chi connectivity index (χ3n) is 2.28. The van der Waals surface area contributed by atoms with Crippen molar-refractivity contribution in [3.63, 3.8) is 0 Å². The highest BCUT2D eigenvalue weighted by molar-refractivity contribution is 5.91. The third-order valence-corrected chi connectivity index (χ3v) is 2.28. The molecule has 0 unspecified atom stereocenters. The maximum Gasteiger partial charge on any atom is 0.243 e. The molecule has 92 valence electrons. The zero-order valence-electron chi connectivity index (χ0n) is 9.87. The summed E-state index contributed by atoms with van der Waals surface area (Å²) in [5.41, 5.74) is 6.20. The lowest BCUT2D eigenvalue weighted by Crippen LogP contribution is -2.21. The number of amides is 1. The number of halogens is 1. The van der Waals surface area contributed by atoms with Crippen LogP contribution in [0, 0.1) is 5.82 Å². The van der Waals surface area contributed by atoms with Crippen LogP contribution >= 0.6 is 0 Å². The number of unbranched alkanes of at least 4 members (excludes halogenated alkanes) is 1. The molecule has 4 heteroatoms. The average molecular weight is 236 g/mol. The highest BCUT2D eigenvalue weighted by atomic mass is 19.1. The second-order valence-electron chi connectivity index (χ2n) is 3.76. The number of carbonyl (C=O) groups is 1. The molecule has 0 aromatic heterocycles. The van der Waals surface area contributed by atoms with Crippen LogP contribution < -0.4 is 11.1 Å². The van der Waals surface area contributed by atoms with Gasteiger partial charge in [0.2, 0.25) is 5.91 Å². The van der Waals surface area contributed by atoms with Crippen LogP contribution in [0.3, 0.4) is 0 Å². The van der Waals surface area contributed by atoms with E-state index >= 15 is 0 Å². The number of rotatable bonds is 5. The Morgan fingerprint density at radius 3 is 2.94 bits per heavy atom. The van der Waals surface area contributed by atoms with E-state index in [1.807, 2.05) is 0 Å². The van der Waals surface area contributed by atoms with Gasteiger partial charge in [-0.1, -0.05) is 19.4 Å². The first kappa shape index (κ1) is 13.2. The summed E-state index contributed by atoms with van der Waals surface area (Å²) in [5, 5.41) is 2.75. The van der Waals surface area contributed by atoms with Crippen LogP contribution in [0.15, 0.2) is 24.3 Å². The molecule has 0 spiro atoms. The minimum absolute atomic E-state index is 0.0820. The fourth-order valence-electron chi connectivity index (χ4n) is 1.29. The number of nitrogen functional groups attached to an aromatic ring is 1. The Balaban J connectivity index is 2.52. The van der Waals surface area contributed by atoms with Crippen molar-refractivity contribution in [2.24, 2.45) is 0 Å². The molecule has 3 N–H and O–H groups in total. The molecule has 0 saturated heterocycles. The zero-order valence-corrected chi connectivity index (χ0v) is 9.87. The zero-order chi connectivity index (χ0) is 12.7. The van der Waals surface area contributed by atoms with Gasteiger partial charge in [-0.2, -0.15) is 0 Å². The number of carbonyl (C=O) groups excluding carboxylic acids is 1. The summed E-state index contributed by atoms with van der Waals surface area (Å²) < 4.78 is 12.9. The Hall–Kier alpha value is -1.84. The molecule has 0 aliphatic rings. The van der Waals surface area contributed by atoms with Gasteiger partial charge in [-0.05, 0) is 30.2 Å². The van der Waals surface area contributed by atoms with Gasteiger partial charge in [0.05, 0.1) is 5.69 Å². The Bertz CT molecular complexity index is 416. The largest absolute Gasteiger partial charge is 0.396 e. The van der Waals surface area contributed by atoms with Crippen LogP contribution in [0.2, 0.25) is 0 Å². The number of nitrogens with two attached hydrogens (primary N) is 1. The quantitative estimate of drug-likeness (QED) is 0.468. The Morgan fingerprint density at radius 2 is 2.29 bits per heavy atom. The van der Waals surface area contributed by atoms with Crippen LogP contribution in [-0.4, -0.2) is 12.5 Å². The monoisotopic (exact) mass is 236 g/mol. The predicted molar refractivity (Wildman–Crippen MR) is 67.8 cm³/mol. The van der Waals surface area contributed by atoms with Crippen molar-refractivity contribution in [3.05, 3.63) is 35.7 Å². The van der Waals surface area contributed by atoms with Crippen LogP contribution in [0.4, 0.5) is 10.1 Å². The van der Waals surface area contributed by atoms with Crippen molar-refractivity contribution in [2.45, 2.75) is 19.8 Å². The first-order chi connectivity index (χ1) is 8.13. The van der Waals surface area contributed by atoms with Gasteiger partial charge in [0, 0.05) is 12.6 Å². The van der Waals surface area contributed by atoms with Crippen molar-refractivity contribution >= 4 is 17.7 Å². The molecule has 0 fully saturated rings. The van der Waals surface area contributed by atoms with E-state index in [0.29, 0.717) is 12.1 Å². The van der Waals surface area contributed by atoms with E-state index in [1.54, 1.807) is 12.1 Å². The molecule has 1 aromatic carbocycles. The summed E-state index contributed by atoms with van der Waals surface area (Å²) in [5.74, 6) is -0.601. The highest BCUT2D eigenvalue weighted by Gasteiger charge is 1.98. The first-order valence-electron chi connectivity index (χ1n) is 5.64. The highest BCUT2D eigenvalue weighted by Crippen LogP contribution is 2.13. The molecule has 1 rings (SSSR count). The maximum atomic E-state index is 12.9. The Labute approximate surface area is 101 Å². The summed E-state index contributed by atoms with van der Waals surface area (Å²) in [4.78, 5) is 11.3. The van der Waals surface area contributed by atoms with Crippen molar-refractivity contribution in [1.82, 2.24) is 5.32 Å². The summed E-state index contributed by atoms with van der Waals surface area (Å²) in [6.45, 7) is 2.73. The fraction of sp³-hybridized carbons (Fsp3) is 0.308. The lowest BCUT2D eigenvalue weighted by atomic mass is 10.2. The van der Waals surface area contributed by atoms with Crippen LogP contribution in [-0.2, 0) is 4.79 Å². The molecule has 3 nitrogen and oxygen atoms in total. The minimum Gasteiger partial charge on any atom is -0.396 e. The standard InChI is InChI=1S/C13H17FN2O/c1-2-3-8-16-13(17)7-5-10-4-6-11(14)12(15)9-10/h4-7,9H,2-3,8,15H2,1H3,(H,16,17)/b7-5+. The van der Waals surface area contributed by atoms with E-state index in [9.17, 15) is 9.18 Å². The normalized spacial score (nSPS) is 10.7. The molecule has 17 heavy (non-hydrogen) atoms. The van der Waals surface area contributed by atoms with Gasteiger partial charge in [-0.3, -0.25) is 4.79 Å². The van der Waals surface area contributed by atoms with Gasteiger partial charge in [0.25, 0.3) is 0 Å². The number of anilines is 1. The summed E-state index contributed by atoms with van der Waals surface area (Å²) in [7, 11) is 0. The van der Waals surface area contributed by atoms with E-state index < -0.39 is 5.82 Å². The second kappa shape index (κ2) is 6.68. The number of benzene rings is 1. The number of hydrogen-bond acceptors (Lipinski definition) is 2. The van der Waals surface area contributed by atoms with Gasteiger partial charge >= 0.3 is 0 Å². The van der Waals surface area contributed by atoms with Crippen molar-refractivity contribution in [3.8, 4) is 0 Å². The van der Waals surface area contributed by atoms with E-state index in [1.165, 1.54) is 18.2 Å². The van der Waals surface area contributed by atoms with Gasteiger partial charge in [-0.25, -0.2) is 4.39 Å². The lowest BCUT2D eigenvalue weighted by Gasteiger charge is -2.00. The van der Waals surface area contributed by atoms with Crippen molar-refractivity contribution in [1.29, 1.82) is 0 Å². The summed E-state index contributed by atoms with van der Waals surface area (Å²) >= 11 is 0. The van der Waals surface area contributed by atoms with Gasteiger partial charge < -0.3 is 11.1 Å². The van der Waals surface area contributed by atoms with Gasteiger partial charge in [0.15, 0.2) is 0 Å². The van der Waals surface area contributed by atoms with Crippen molar-refractivity contribution in [2.75, 3.05) is 12.3 Å².